The van der Waals surface area contributed by atoms with Crippen molar-refractivity contribution in [3.05, 3.63) is 70.8 Å². The molecule has 1 saturated heterocycles. The van der Waals surface area contributed by atoms with Gasteiger partial charge in [0.2, 0.25) is 5.91 Å². The SMILES string of the molecule is CCNC(=NCc1cccc(CN2CCCC2=O)c1)NC(C)c1ccc(CC)cc1.I. The number of nitrogens with one attached hydrogen (secondary N) is 2. The van der Waals surface area contributed by atoms with Crippen LogP contribution in [0.3, 0.4) is 0 Å². The monoisotopic (exact) mass is 534 g/mol. The molecule has 2 N–H and O–H groups in total. The Morgan fingerprint density at radius 3 is 2.48 bits per heavy atom. The van der Waals surface area contributed by atoms with Gasteiger partial charge in [-0.1, -0.05) is 55.5 Å². The van der Waals surface area contributed by atoms with Crippen LogP contribution in [0.15, 0.2) is 53.5 Å². The van der Waals surface area contributed by atoms with Crippen LogP contribution < -0.4 is 10.6 Å². The molecular formula is C25H35IN4O. The molecule has 0 radical (unpaired) electrons. The number of nitrogens with zero attached hydrogens (tertiary/aromatic N) is 2. The van der Waals surface area contributed by atoms with Crippen molar-refractivity contribution in [3.63, 3.8) is 0 Å². The van der Waals surface area contributed by atoms with Crippen molar-refractivity contribution >= 4 is 35.8 Å². The molecule has 5 nitrogen and oxygen atoms in total. The van der Waals surface area contributed by atoms with Gasteiger partial charge in [0.1, 0.15) is 0 Å². The maximum Gasteiger partial charge on any atom is 0.222 e. The Morgan fingerprint density at radius 1 is 1.10 bits per heavy atom. The van der Waals surface area contributed by atoms with Crippen molar-refractivity contribution in [3.8, 4) is 0 Å². The van der Waals surface area contributed by atoms with Gasteiger partial charge in [-0.05, 0) is 48.9 Å². The van der Waals surface area contributed by atoms with Gasteiger partial charge < -0.3 is 15.5 Å². The van der Waals surface area contributed by atoms with Crippen LogP contribution in [0.1, 0.15) is 61.9 Å². The number of benzene rings is 2. The Hall–Kier alpha value is -2.09. The fourth-order valence-electron chi connectivity index (χ4n) is 3.74. The molecule has 0 bridgehead atoms. The first-order chi connectivity index (χ1) is 14.6. The van der Waals surface area contributed by atoms with Crippen LogP contribution in [0.25, 0.3) is 0 Å². The quantitative estimate of drug-likeness (QED) is 0.291. The fraction of sp³-hybridized carbons (Fsp3) is 0.440. The second-order valence-electron chi connectivity index (χ2n) is 7.90. The number of aliphatic imine (C=N–C) groups is 1. The van der Waals surface area contributed by atoms with Gasteiger partial charge in [0.25, 0.3) is 0 Å². The Balaban J connectivity index is 0.00000341. The maximum absolute atomic E-state index is 11.9. The van der Waals surface area contributed by atoms with Crippen molar-refractivity contribution in [2.75, 3.05) is 13.1 Å². The van der Waals surface area contributed by atoms with Gasteiger partial charge in [0.15, 0.2) is 5.96 Å². The lowest BCUT2D eigenvalue weighted by atomic mass is 10.1. The first kappa shape index (κ1) is 25.2. The zero-order chi connectivity index (χ0) is 21.3. The van der Waals surface area contributed by atoms with Gasteiger partial charge in [0.05, 0.1) is 12.6 Å². The van der Waals surface area contributed by atoms with Crippen LogP contribution in [-0.2, 0) is 24.3 Å². The zero-order valence-corrected chi connectivity index (χ0v) is 21.2. The number of halogens is 1. The van der Waals surface area contributed by atoms with Gasteiger partial charge in [0, 0.05) is 26.1 Å². The van der Waals surface area contributed by atoms with E-state index in [1.54, 1.807) is 0 Å². The number of hydrogen-bond donors (Lipinski definition) is 2. The first-order valence-corrected chi connectivity index (χ1v) is 11.1. The lowest BCUT2D eigenvalue weighted by Crippen LogP contribution is -2.38. The maximum atomic E-state index is 11.9. The molecular weight excluding hydrogens is 499 g/mol. The highest BCUT2D eigenvalue weighted by Crippen LogP contribution is 2.16. The number of carbonyl (C=O) groups is 1. The summed E-state index contributed by atoms with van der Waals surface area (Å²) in [4.78, 5) is 18.6. The van der Waals surface area contributed by atoms with Crippen LogP contribution in [0.5, 0.6) is 0 Å². The highest BCUT2D eigenvalue weighted by molar-refractivity contribution is 14.0. The second kappa shape index (κ2) is 12.7. The molecule has 1 heterocycles. The van der Waals surface area contributed by atoms with Crippen molar-refractivity contribution in [2.45, 2.75) is 59.2 Å². The number of guanidine groups is 1. The Bertz CT molecular complexity index is 866. The normalized spacial score (nSPS) is 14.9. The number of aryl methyl sites for hydroxylation is 1. The molecule has 1 fully saturated rings. The van der Waals surface area contributed by atoms with Crippen LogP contribution in [0.2, 0.25) is 0 Å². The van der Waals surface area contributed by atoms with E-state index < -0.39 is 0 Å². The Morgan fingerprint density at radius 2 is 1.84 bits per heavy atom. The summed E-state index contributed by atoms with van der Waals surface area (Å²) >= 11 is 0. The molecule has 3 rings (SSSR count). The van der Waals surface area contributed by atoms with Crippen LogP contribution in [-0.4, -0.2) is 29.9 Å². The van der Waals surface area contributed by atoms with Crippen LogP contribution >= 0.6 is 24.0 Å². The van der Waals surface area contributed by atoms with Gasteiger partial charge in [-0.3, -0.25) is 4.79 Å². The number of likely N-dealkylation sites (tertiary alicyclic amines) is 1. The summed E-state index contributed by atoms with van der Waals surface area (Å²) in [6.07, 6.45) is 2.71. The molecule has 0 saturated carbocycles. The average Bonchev–Trinajstić information content (AvgIpc) is 3.17. The molecule has 0 spiro atoms. The summed E-state index contributed by atoms with van der Waals surface area (Å²) < 4.78 is 0. The summed E-state index contributed by atoms with van der Waals surface area (Å²) in [5, 5.41) is 6.85. The molecule has 31 heavy (non-hydrogen) atoms. The fourth-order valence-corrected chi connectivity index (χ4v) is 3.74. The van der Waals surface area contributed by atoms with E-state index in [4.69, 9.17) is 4.99 Å². The minimum absolute atomic E-state index is 0. The Kier molecular flexibility index (Phi) is 10.3. The van der Waals surface area contributed by atoms with E-state index in [0.717, 1.165) is 37.5 Å². The molecule has 1 amide bonds. The molecule has 1 aliphatic rings. The number of amides is 1. The van der Waals surface area contributed by atoms with Crippen molar-refractivity contribution in [1.29, 1.82) is 0 Å². The molecule has 0 aliphatic carbocycles. The highest BCUT2D eigenvalue weighted by atomic mass is 127. The molecule has 6 heteroatoms. The van der Waals surface area contributed by atoms with Crippen molar-refractivity contribution < 1.29 is 4.79 Å². The molecule has 1 aliphatic heterocycles. The molecule has 2 aromatic carbocycles. The van der Waals surface area contributed by atoms with Gasteiger partial charge in [-0.25, -0.2) is 4.99 Å². The number of carbonyl (C=O) groups excluding carboxylic acids is 1. The number of rotatable bonds is 8. The van der Waals surface area contributed by atoms with Gasteiger partial charge >= 0.3 is 0 Å². The molecule has 2 aromatic rings. The average molecular weight is 534 g/mol. The van der Waals surface area contributed by atoms with Crippen molar-refractivity contribution in [2.24, 2.45) is 4.99 Å². The lowest BCUT2D eigenvalue weighted by Gasteiger charge is -2.19. The molecule has 168 valence electrons. The van der Waals surface area contributed by atoms with E-state index in [2.05, 4.69) is 79.9 Å². The molecule has 0 aromatic heterocycles. The number of hydrogen-bond acceptors (Lipinski definition) is 2. The minimum atomic E-state index is 0. The van der Waals surface area contributed by atoms with E-state index in [0.29, 0.717) is 19.5 Å². The minimum Gasteiger partial charge on any atom is -0.357 e. The summed E-state index contributed by atoms with van der Waals surface area (Å²) in [5.41, 5.74) is 4.91. The summed E-state index contributed by atoms with van der Waals surface area (Å²) in [6.45, 7) is 9.37. The van der Waals surface area contributed by atoms with Crippen molar-refractivity contribution in [1.82, 2.24) is 15.5 Å². The molecule has 1 atom stereocenters. The van der Waals surface area contributed by atoms with Crippen LogP contribution in [0.4, 0.5) is 0 Å². The third kappa shape index (κ3) is 7.52. The molecule has 1 unspecified atom stereocenters. The third-order valence-electron chi connectivity index (χ3n) is 5.54. The largest absolute Gasteiger partial charge is 0.357 e. The summed E-state index contributed by atoms with van der Waals surface area (Å²) in [6, 6.07) is 17.3. The Labute approximate surface area is 203 Å². The first-order valence-electron chi connectivity index (χ1n) is 11.1. The summed E-state index contributed by atoms with van der Waals surface area (Å²) in [7, 11) is 0. The third-order valence-corrected chi connectivity index (χ3v) is 5.54. The van der Waals surface area contributed by atoms with E-state index in [-0.39, 0.29) is 35.9 Å². The van der Waals surface area contributed by atoms with Gasteiger partial charge in [-0.2, -0.15) is 0 Å². The van der Waals surface area contributed by atoms with E-state index in [9.17, 15) is 4.79 Å². The predicted octanol–water partition coefficient (Wildman–Crippen LogP) is 4.81. The lowest BCUT2D eigenvalue weighted by molar-refractivity contribution is -0.128. The predicted molar refractivity (Wildman–Crippen MR) is 139 cm³/mol. The topological polar surface area (TPSA) is 56.7 Å². The van der Waals surface area contributed by atoms with E-state index in [1.165, 1.54) is 16.7 Å². The van der Waals surface area contributed by atoms with E-state index >= 15 is 0 Å². The second-order valence-corrected chi connectivity index (χ2v) is 7.90. The van der Waals surface area contributed by atoms with E-state index in [1.807, 2.05) is 4.90 Å². The standard InChI is InChI=1S/C25H34N4O.HI/c1-4-20-11-13-23(14-12-20)19(3)28-25(26-5-2)27-17-21-8-6-9-22(16-21)18-29-15-7-10-24(29)30;/h6,8-9,11-14,16,19H,4-5,7,10,15,17-18H2,1-3H3,(H2,26,27,28);1H. The highest BCUT2D eigenvalue weighted by Gasteiger charge is 2.19. The summed E-state index contributed by atoms with van der Waals surface area (Å²) in [5.74, 6) is 1.07. The van der Waals surface area contributed by atoms with Gasteiger partial charge in [-0.15, -0.1) is 24.0 Å². The smallest absolute Gasteiger partial charge is 0.222 e. The zero-order valence-electron chi connectivity index (χ0n) is 18.9. The van der Waals surface area contributed by atoms with Crippen LogP contribution in [0, 0.1) is 0 Å².